The van der Waals surface area contributed by atoms with Gasteiger partial charge in [-0.1, -0.05) is 0 Å². The van der Waals surface area contributed by atoms with E-state index in [0.29, 0.717) is 5.54 Å². The van der Waals surface area contributed by atoms with Crippen molar-refractivity contribution in [1.82, 2.24) is 10.2 Å². The third-order valence-electron chi connectivity index (χ3n) is 2.51. The molecule has 0 heterocycles. The first kappa shape index (κ1) is 20.2. The zero-order valence-corrected chi connectivity index (χ0v) is 13.9. The van der Waals surface area contributed by atoms with Gasteiger partial charge in [-0.05, 0) is 55.5 Å². The molecule has 0 saturated heterocycles. The summed E-state index contributed by atoms with van der Waals surface area (Å²) >= 11 is 0. The van der Waals surface area contributed by atoms with Crippen molar-refractivity contribution in [2.75, 3.05) is 20.7 Å². The summed E-state index contributed by atoms with van der Waals surface area (Å²) in [5, 5.41) is 3.10. The number of esters is 1. The van der Waals surface area contributed by atoms with Gasteiger partial charge in [0.15, 0.2) is 0 Å². The van der Waals surface area contributed by atoms with E-state index in [-0.39, 0.29) is 12.1 Å². The largest absolute Gasteiger partial charge is 0.459 e. The van der Waals surface area contributed by atoms with Crippen LogP contribution in [0.25, 0.3) is 0 Å². The number of carbonyl (C=O) groups excluding carboxylic acids is 2. The number of carbonyl (C=O) groups is 2. The standard InChI is InChI=1S/C9H17NO3.C5H13N/c1-6-13-8(12)7(11)10(5)9(2,3)4;1-5(2,3)6-4/h6H2,1-5H3;6H,1-4H3. The third kappa shape index (κ3) is 10.5. The second-order valence-corrected chi connectivity index (χ2v) is 6.26. The van der Waals surface area contributed by atoms with Gasteiger partial charge in [0, 0.05) is 18.1 Å². The van der Waals surface area contributed by atoms with Crippen LogP contribution in [0.2, 0.25) is 0 Å². The van der Waals surface area contributed by atoms with Crippen molar-refractivity contribution in [1.29, 1.82) is 0 Å². The zero-order valence-electron chi connectivity index (χ0n) is 13.9. The lowest BCUT2D eigenvalue weighted by Crippen LogP contribution is -2.46. The van der Waals surface area contributed by atoms with Gasteiger partial charge in [-0.2, -0.15) is 0 Å². The number of rotatable bonds is 1. The highest BCUT2D eigenvalue weighted by Crippen LogP contribution is 2.10. The van der Waals surface area contributed by atoms with E-state index in [4.69, 9.17) is 0 Å². The van der Waals surface area contributed by atoms with Crippen LogP contribution in [0.4, 0.5) is 0 Å². The van der Waals surface area contributed by atoms with Crippen LogP contribution in [-0.4, -0.2) is 48.6 Å². The Morgan fingerprint density at radius 1 is 1.11 bits per heavy atom. The Kier molecular flexibility index (Phi) is 8.67. The summed E-state index contributed by atoms with van der Waals surface area (Å²) in [4.78, 5) is 23.7. The van der Waals surface area contributed by atoms with Crippen LogP contribution in [0, 0.1) is 0 Å². The van der Waals surface area contributed by atoms with E-state index in [1.54, 1.807) is 14.0 Å². The molecule has 0 atom stereocenters. The fraction of sp³-hybridized carbons (Fsp3) is 0.857. The maximum atomic E-state index is 11.3. The molecule has 0 aromatic heterocycles. The third-order valence-corrected chi connectivity index (χ3v) is 2.51. The molecule has 0 radical (unpaired) electrons. The number of amides is 1. The molecule has 1 N–H and O–H groups in total. The average Bonchev–Trinajstić information content (AvgIpc) is 2.26. The molecule has 114 valence electrons. The second kappa shape index (κ2) is 8.15. The first-order chi connectivity index (χ1) is 8.36. The van der Waals surface area contributed by atoms with E-state index in [9.17, 15) is 9.59 Å². The fourth-order valence-corrected chi connectivity index (χ4v) is 0.634. The quantitative estimate of drug-likeness (QED) is 0.585. The Bertz CT molecular complexity index is 288. The van der Waals surface area contributed by atoms with Crippen molar-refractivity contribution in [3.8, 4) is 0 Å². The molecule has 0 aliphatic rings. The van der Waals surface area contributed by atoms with Crippen molar-refractivity contribution in [2.45, 2.75) is 59.5 Å². The summed E-state index contributed by atoms with van der Waals surface area (Å²) in [7, 11) is 3.54. The number of likely N-dealkylation sites (N-methyl/N-ethyl adjacent to an activating group) is 1. The summed E-state index contributed by atoms with van der Waals surface area (Å²) in [5.74, 6) is -1.39. The summed E-state index contributed by atoms with van der Waals surface area (Å²) < 4.78 is 4.59. The minimum Gasteiger partial charge on any atom is -0.459 e. The van der Waals surface area contributed by atoms with E-state index in [1.165, 1.54) is 4.90 Å². The highest BCUT2D eigenvalue weighted by molar-refractivity contribution is 6.32. The molecular weight excluding hydrogens is 244 g/mol. The molecule has 1 amide bonds. The average molecular weight is 274 g/mol. The van der Waals surface area contributed by atoms with Crippen LogP contribution in [0.1, 0.15) is 48.5 Å². The van der Waals surface area contributed by atoms with Crippen molar-refractivity contribution in [3.05, 3.63) is 0 Å². The van der Waals surface area contributed by atoms with Crippen LogP contribution in [-0.2, 0) is 14.3 Å². The normalized spacial score (nSPS) is 11.2. The predicted molar refractivity (Wildman–Crippen MR) is 78.0 cm³/mol. The molecular formula is C14H30N2O3. The molecule has 0 fully saturated rings. The number of hydrogen-bond donors (Lipinski definition) is 1. The Labute approximate surface area is 117 Å². The summed E-state index contributed by atoms with van der Waals surface area (Å²) in [5.41, 5.74) is -0.0656. The highest BCUT2D eigenvalue weighted by Gasteiger charge is 2.28. The van der Waals surface area contributed by atoms with E-state index in [1.807, 2.05) is 27.8 Å². The van der Waals surface area contributed by atoms with Crippen molar-refractivity contribution in [2.24, 2.45) is 0 Å². The van der Waals surface area contributed by atoms with Crippen molar-refractivity contribution >= 4 is 11.9 Å². The van der Waals surface area contributed by atoms with Gasteiger partial charge >= 0.3 is 11.9 Å². The molecule has 0 aliphatic heterocycles. The van der Waals surface area contributed by atoms with Gasteiger partial charge in [0.05, 0.1) is 6.61 Å². The highest BCUT2D eigenvalue weighted by atomic mass is 16.5. The van der Waals surface area contributed by atoms with Crippen LogP contribution in [0.3, 0.4) is 0 Å². The monoisotopic (exact) mass is 274 g/mol. The minimum atomic E-state index is -0.792. The Balaban J connectivity index is 0. The number of nitrogens with one attached hydrogen (secondary N) is 1. The van der Waals surface area contributed by atoms with Crippen molar-refractivity contribution < 1.29 is 14.3 Å². The lowest BCUT2D eigenvalue weighted by Gasteiger charge is -2.30. The lowest BCUT2D eigenvalue weighted by atomic mass is 10.1. The van der Waals surface area contributed by atoms with E-state index in [0.717, 1.165) is 0 Å². The topological polar surface area (TPSA) is 58.6 Å². The zero-order chi connectivity index (χ0) is 15.9. The molecule has 0 aliphatic carbocycles. The Hall–Kier alpha value is -1.10. The number of nitrogens with zero attached hydrogens (tertiary/aromatic N) is 1. The Morgan fingerprint density at radius 3 is 1.68 bits per heavy atom. The molecule has 0 aromatic carbocycles. The van der Waals surface area contributed by atoms with Crippen LogP contribution < -0.4 is 5.32 Å². The van der Waals surface area contributed by atoms with Crippen LogP contribution in [0.15, 0.2) is 0 Å². The number of hydrogen-bond acceptors (Lipinski definition) is 4. The first-order valence-corrected chi connectivity index (χ1v) is 6.50. The summed E-state index contributed by atoms with van der Waals surface area (Å²) in [6.45, 7) is 13.8. The maximum Gasteiger partial charge on any atom is 0.397 e. The molecule has 5 heteroatoms. The molecule has 0 spiro atoms. The van der Waals surface area contributed by atoms with Gasteiger partial charge in [-0.15, -0.1) is 0 Å². The van der Waals surface area contributed by atoms with Gasteiger partial charge in [-0.3, -0.25) is 4.79 Å². The lowest BCUT2D eigenvalue weighted by molar-refractivity contribution is -0.161. The molecule has 19 heavy (non-hydrogen) atoms. The van der Waals surface area contributed by atoms with E-state index in [2.05, 4.69) is 30.8 Å². The summed E-state index contributed by atoms with van der Waals surface area (Å²) in [6, 6.07) is 0. The molecule has 5 nitrogen and oxygen atoms in total. The van der Waals surface area contributed by atoms with Gasteiger partial charge in [-0.25, -0.2) is 4.79 Å². The van der Waals surface area contributed by atoms with Gasteiger partial charge in [0.2, 0.25) is 0 Å². The minimum absolute atomic E-state index is 0.225. The molecule has 0 unspecified atom stereocenters. The number of ether oxygens (including phenoxy) is 1. The van der Waals surface area contributed by atoms with Crippen LogP contribution >= 0.6 is 0 Å². The van der Waals surface area contributed by atoms with Crippen LogP contribution in [0.5, 0.6) is 0 Å². The fourth-order valence-electron chi connectivity index (χ4n) is 0.634. The van der Waals surface area contributed by atoms with E-state index >= 15 is 0 Å². The maximum absolute atomic E-state index is 11.3. The van der Waals surface area contributed by atoms with Gasteiger partial charge < -0.3 is 15.0 Å². The molecule has 0 bridgehead atoms. The van der Waals surface area contributed by atoms with E-state index < -0.39 is 11.9 Å². The molecule has 0 rings (SSSR count). The Morgan fingerprint density at radius 2 is 1.47 bits per heavy atom. The molecule has 0 saturated carbocycles. The van der Waals surface area contributed by atoms with Crippen molar-refractivity contribution in [3.63, 3.8) is 0 Å². The van der Waals surface area contributed by atoms with Gasteiger partial charge in [0.25, 0.3) is 0 Å². The summed E-state index contributed by atoms with van der Waals surface area (Å²) in [6.07, 6.45) is 0. The predicted octanol–water partition coefficient (Wildman–Crippen LogP) is 1.81. The molecule has 0 aromatic rings. The smallest absolute Gasteiger partial charge is 0.397 e. The van der Waals surface area contributed by atoms with Gasteiger partial charge in [0.1, 0.15) is 0 Å². The SMILES string of the molecule is CCOC(=O)C(=O)N(C)C(C)(C)C.CNC(C)(C)C. The first-order valence-electron chi connectivity index (χ1n) is 6.50. The second-order valence-electron chi connectivity index (χ2n) is 6.26.